The van der Waals surface area contributed by atoms with Gasteiger partial charge in [-0.1, -0.05) is 13.0 Å². The van der Waals surface area contributed by atoms with Gasteiger partial charge in [0.05, 0.1) is 21.6 Å². The molecule has 0 bridgehead atoms. The zero-order valence-corrected chi connectivity index (χ0v) is 17.3. The lowest BCUT2D eigenvalue weighted by molar-refractivity contribution is -0.137. The average molecular weight is 475 g/mol. The Morgan fingerprint density at radius 3 is 2.66 bits per heavy atom. The van der Waals surface area contributed by atoms with Crippen LogP contribution >= 0.6 is 15.9 Å². The number of rotatable bonds is 4. The number of amides is 1. The predicted molar refractivity (Wildman–Crippen MR) is 102 cm³/mol. The average Bonchev–Trinajstić information content (AvgIpc) is 3.05. The molecule has 3 atom stereocenters. The number of alkyl halides is 3. The Hall–Kier alpha value is -2.16. The maximum Gasteiger partial charge on any atom is 0.417 e. The smallest absolute Gasteiger partial charge is 0.417 e. The summed E-state index contributed by atoms with van der Waals surface area (Å²) < 4.78 is 57.7. The van der Waals surface area contributed by atoms with Crippen molar-refractivity contribution in [2.24, 2.45) is 5.92 Å². The Morgan fingerprint density at radius 1 is 1.31 bits per heavy atom. The Balaban J connectivity index is 1.77. The molecule has 0 aliphatic carbocycles. The SMILES string of the molecule is CC1CC(C(C)Oc2ccc(C(F)(F)F)cn2)N(C(=O)c2cccc(F)c2Br)C1. The van der Waals surface area contributed by atoms with Gasteiger partial charge in [-0.25, -0.2) is 9.37 Å². The molecule has 1 fully saturated rings. The lowest BCUT2D eigenvalue weighted by atomic mass is 10.0. The van der Waals surface area contributed by atoms with E-state index in [0.717, 1.165) is 12.1 Å². The fourth-order valence-corrected chi connectivity index (χ4v) is 3.91. The van der Waals surface area contributed by atoms with E-state index in [2.05, 4.69) is 20.9 Å². The van der Waals surface area contributed by atoms with Crippen molar-refractivity contribution in [2.75, 3.05) is 6.54 Å². The predicted octanol–water partition coefficient (Wildman–Crippen LogP) is 5.32. The van der Waals surface area contributed by atoms with Crippen LogP contribution in [-0.4, -0.2) is 34.5 Å². The van der Waals surface area contributed by atoms with Crippen LogP contribution in [0, 0.1) is 11.7 Å². The van der Waals surface area contributed by atoms with Gasteiger partial charge in [-0.2, -0.15) is 13.2 Å². The minimum absolute atomic E-state index is 0.0457. The quantitative estimate of drug-likeness (QED) is 0.563. The number of hydrogen-bond donors (Lipinski definition) is 0. The minimum atomic E-state index is -4.47. The number of carbonyl (C=O) groups is 1. The third kappa shape index (κ3) is 4.71. The van der Waals surface area contributed by atoms with E-state index in [1.165, 1.54) is 12.1 Å². The van der Waals surface area contributed by atoms with Gasteiger partial charge in [-0.3, -0.25) is 4.79 Å². The van der Waals surface area contributed by atoms with Crippen LogP contribution in [0.5, 0.6) is 5.88 Å². The number of halogens is 5. The molecule has 0 N–H and O–H groups in total. The third-order valence-corrected chi connectivity index (χ3v) is 5.71. The molecule has 1 aliphatic rings. The number of aromatic nitrogens is 1. The highest BCUT2D eigenvalue weighted by Gasteiger charge is 2.39. The van der Waals surface area contributed by atoms with Gasteiger partial charge >= 0.3 is 6.18 Å². The summed E-state index contributed by atoms with van der Waals surface area (Å²) in [4.78, 5) is 18.4. The van der Waals surface area contributed by atoms with Crippen molar-refractivity contribution < 1.29 is 27.1 Å². The van der Waals surface area contributed by atoms with Crippen molar-refractivity contribution in [3.05, 3.63) is 57.9 Å². The molecule has 1 aromatic heterocycles. The van der Waals surface area contributed by atoms with Crippen LogP contribution < -0.4 is 4.74 Å². The molecule has 1 aliphatic heterocycles. The minimum Gasteiger partial charge on any atom is -0.472 e. The van der Waals surface area contributed by atoms with E-state index in [-0.39, 0.29) is 33.8 Å². The Morgan fingerprint density at radius 2 is 2.03 bits per heavy atom. The molecule has 0 saturated carbocycles. The molecule has 1 amide bonds. The van der Waals surface area contributed by atoms with Crippen LogP contribution in [-0.2, 0) is 6.18 Å². The number of carbonyl (C=O) groups excluding carboxylic acids is 1. The maximum absolute atomic E-state index is 13.8. The van der Waals surface area contributed by atoms with Crippen LogP contribution in [0.2, 0.25) is 0 Å². The Kier molecular flexibility index (Phi) is 6.16. The fourth-order valence-electron chi connectivity index (χ4n) is 3.47. The number of ether oxygens (including phenoxy) is 1. The van der Waals surface area contributed by atoms with Crippen LogP contribution in [0.15, 0.2) is 41.0 Å². The molecular weight excluding hydrogens is 456 g/mol. The van der Waals surface area contributed by atoms with Gasteiger partial charge < -0.3 is 9.64 Å². The van der Waals surface area contributed by atoms with Crippen LogP contribution in [0.4, 0.5) is 17.6 Å². The van der Waals surface area contributed by atoms with E-state index in [1.807, 2.05) is 6.92 Å². The molecule has 3 unspecified atom stereocenters. The normalized spacial score (nSPS) is 20.6. The zero-order valence-electron chi connectivity index (χ0n) is 15.7. The lowest BCUT2D eigenvalue weighted by Crippen LogP contribution is -2.44. The molecule has 3 rings (SSSR count). The summed E-state index contributed by atoms with van der Waals surface area (Å²) in [6.07, 6.45) is -3.62. The van der Waals surface area contributed by atoms with Crippen molar-refractivity contribution in [3.8, 4) is 5.88 Å². The van der Waals surface area contributed by atoms with E-state index in [4.69, 9.17) is 4.74 Å². The number of pyridine rings is 1. The van der Waals surface area contributed by atoms with Gasteiger partial charge in [0.25, 0.3) is 5.91 Å². The van der Waals surface area contributed by atoms with Crippen LogP contribution in [0.25, 0.3) is 0 Å². The summed E-state index contributed by atoms with van der Waals surface area (Å²) in [5.74, 6) is -0.619. The van der Waals surface area contributed by atoms with Gasteiger partial charge in [0.1, 0.15) is 11.9 Å². The van der Waals surface area contributed by atoms with Gasteiger partial charge in [-0.15, -0.1) is 0 Å². The van der Waals surface area contributed by atoms with E-state index in [1.54, 1.807) is 17.9 Å². The largest absolute Gasteiger partial charge is 0.472 e. The number of benzene rings is 1. The van der Waals surface area contributed by atoms with Gasteiger partial charge in [0, 0.05) is 18.8 Å². The van der Waals surface area contributed by atoms with Crippen molar-refractivity contribution >= 4 is 21.8 Å². The summed E-state index contributed by atoms with van der Waals surface area (Å²) >= 11 is 3.12. The summed E-state index contributed by atoms with van der Waals surface area (Å²) in [5, 5.41) is 0. The Labute approximate surface area is 174 Å². The summed E-state index contributed by atoms with van der Waals surface area (Å²) in [5.41, 5.74) is -0.649. The standard InChI is InChI=1S/C20H19BrF4N2O2/c1-11-8-16(12(2)29-17-7-6-13(9-26-17)20(23,24)25)27(10-11)19(28)14-4-3-5-15(22)18(14)21/h3-7,9,11-12,16H,8,10H2,1-2H3. The molecule has 9 heteroatoms. The highest BCUT2D eigenvalue weighted by atomic mass is 79.9. The molecule has 156 valence electrons. The summed E-state index contributed by atoms with van der Waals surface area (Å²) in [7, 11) is 0. The molecular formula is C20H19BrF4N2O2. The second kappa shape index (κ2) is 8.30. The maximum atomic E-state index is 13.8. The summed E-state index contributed by atoms with van der Waals surface area (Å²) in [6, 6.07) is 6.00. The molecule has 29 heavy (non-hydrogen) atoms. The first kappa shape index (κ1) is 21.5. The van der Waals surface area contributed by atoms with E-state index >= 15 is 0 Å². The first-order valence-corrected chi connectivity index (χ1v) is 9.82. The number of hydrogen-bond acceptors (Lipinski definition) is 3. The first-order valence-electron chi connectivity index (χ1n) is 9.02. The van der Waals surface area contributed by atoms with E-state index < -0.39 is 23.7 Å². The van der Waals surface area contributed by atoms with Crippen molar-refractivity contribution in [1.29, 1.82) is 0 Å². The first-order chi connectivity index (χ1) is 13.6. The lowest BCUT2D eigenvalue weighted by Gasteiger charge is -2.30. The molecule has 0 spiro atoms. The Bertz CT molecular complexity index is 889. The molecule has 1 aromatic carbocycles. The topological polar surface area (TPSA) is 42.4 Å². The molecule has 0 radical (unpaired) electrons. The number of nitrogens with zero attached hydrogens (tertiary/aromatic N) is 2. The van der Waals surface area contributed by atoms with E-state index in [9.17, 15) is 22.4 Å². The van der Waals surface area contributed by atoms with Crippen molar-refractivity contribution in [1.82, 2.24) is 9.88 Å². The van der Waals surface area contributed by atoms with Crippen LogP contribution in [0.3, 0.4) is 0 Å². The molecule has 1 saturated heterocycles. The third-order valence-electron chi connectivity index (χ3n) is 4.91. The molecule has 4 nitrogen and oxygen atoms in total. The highest BCUT2D eigenvalue weighted by Crippen LogP contribution is 2.32. The fraction of sp³-hybridized carbons (Fsp3) is 0.400. The van der Waals surface area contributed by atoms with Crippen molar-refractivity contribution in [3.63, 3.8) is 0 Å². The van der Waals surface area contributed by atoms with Gasteiger partial charge in [0.2, 0.25) is 5.88 Å². The van der Waals surface area contributed by atoms with Crippen molar-refractivity contribution in [2.45, 2.75) is 38.6 Å². The monoisotopic (exact) mass is 474 g/mol. The second-order valence-electron chi connectivity index (χ2n) is 7.17. The zero-order chi connectivity index (χ0) is 21.3. The van der Waals surface area contributed by atoms with Gasteiger partial charge in [-0.05, 0) is 53.4 Å². The molecule has 2 heterocycles. The highest BCUT2D eigenvalue weighted by molar-refractivity contribution is 9.10. The van der Waals surface area contributed by atoms with Crippen LogP contribution in [0.1, 0.15) is 36.2 Å². The van der Waals surface area contributed by atoms with E-state index in [0.29, 0.717) is 19.2 Å². The summed E-state index contributed by atoms with van der Waals surface area (Å²) in [6.45, 7) is 4.20. The van der Waals surface area contributed by atoms with Gasteiger partial charge in [0.15, 0.2) is 0 Å². The second-order valence-corrected chi connectivity index (χ2v) is 7.97. The number of likely N-dealkylation sites (tertiary alicyclic amines) is 1. The molecule has 2 aromatic rings.